The maximum atomic E-state index is 11.4. The first kappa shape index (κ1) is 10.5. The van der Waals surface area contributed by atoms with Crippen LogP contribution in [-0.2, 0) is 11.2 Å². The van der Waals surface area contributed by atoms with Gasteiger partial charge in [0.1, 0.15) is 5.78 Å². The molecule has 0 aliphatic rings. The fourth-order valence-corrected chi connectivity index (χ4v) is 1.09. The van der Waals surface area contributed by atoms with Gasteiger partial charge >= 0.3 is 0 Å². The molecule has 0 aliphatic heterocycles. The van der Waals surface area contributed by atoms with E-state index in [0.717, 1.165) is 0 Å². The molecule has 0 bridgehead atoms. The number of Topliss-reactive ketones (excluding diaryl/α,β-unsaturated/α-hetero) is 1. The summed E-state index contributed by atoms with van der Waals surface area (Å²) in [6.07, 6.45) is 1.64. The SMILES string of the molecule is CC(C)C(=O)Cc1nc(-c2cn[nH]n2)no1. The molecule has 0 aromatic carbocycles. The molecule has 2 aromatic heterocycles. The van der Waals surface area contributed by atoms with Crippen molar-refractivity contribution in [3.63, 3.8) is 0 Å². The van der Waals surface area contributed by atoms with Crippen LogP contribution in [0.4, 0.5) is 0 Å². The Morgan fingerprint density at radius 2 is 2.38 bits per heavy atom. The van der Waals surface area contributed by atoms with Crippen molar-refractivity contribution in [3.8, 4) is 11.5 Å². The number of hydrogen-bond acceptors (Lipinski definition) is 6. The molecule has 0 spiro atoms. The molecule has 0 radical (unpaired) electrons. The Balaban J connectivity index is 2.11. The zero-order chi connectivity index (χ0) is 11.5. The summed E-state index contributed by atoms with van der Waals surface area (Å²) in [7, 11) is 0. The normalized spacial score (nSPS) is 10.9. The minimum Gasteiger partial charge on any atom is -0.338 e. The molecule has 1 N–H and O–H groups in total. The summed E-state index contributed by atoms with van der Waals surface area (Å²) >= 11 is 0. The second-order valence-corrected chi connectivity index (χ2v) is 3.66. The van der Waals surface area contributed by atoms with Crippen LogP contribution < -0.4 is 0 Å². The maximum Gasteiger partial charge on any atom is 0.234 e. The molecule has 2 rings (SSSR count). The maximum absolute atomic E-state index is 11.4. The van der Waals surface area contributed by atoms with E-state index in [0.29, 0.717) is 17.4 Å². The minimum atomic E-state index is -0.0394. The van der Waals surface area contributed by atoms with Crippen LogP contribution in [-0.4, -0.2) is 31.3 Å². The molecule has 0 amide bonds. The van der Waals surface area contributed by atoms with Gasteiger partial charge in [0.2, 0.25) is 11.7 Å². The van der Waals surface area contributed by atoms with Crippen molar-refractivity contribution in [1.82, 2.24) is 25.6 Å². The molecule has 0 saturated heterocycles. The third kappa shape index (κ3) is 2.13. The summed E-state index contributed by atoms with van der Waals surface area (Å²) in [5.74, 6) is 0.662. The predicted octanol–water partition coefficient (Wildman–Crippen LogP) is 0.622. The molecule has 0 fully saturated rings. The van der Waals surface area contributed by atoms with Crippen LogP contribution in [0.1, 0.15) is 19.7 Å². The standard InChI is InChI=1S/C9H11N5O2/c1-5(2)7(15)3-8-11-9(13-16-8)6-4-10-14-12-6/h4-5H,3H2,1-2H3,(H,10,12,14). The van der Waals surface area contributed by atoms with Gasteiger partial charge in [-0.1, -0.05) is 19.0 Å². The van der Waals surface area contributed by atoms with E-state index < -0.39 is 0 Å². The van der Waals surface area contributed by atoms with Gasteiger partial charge in [0.05, 0.1) is 12.6 Å². The molecule has 2 aromatic rings. The van der Waals surface area contributed by atoms with E-state index in [4.69, 9.17) is 4.52 Å². The van der Waals surface area contributed by atoms with Crippen LogP contribution in [0.25, 0.3) is 11.5 Å². The van der Waals surface area contributed by atoms with E-state index >= 15 is 0 Å². The van der Waals surface area contributed by atoms with Gasteiger partial charge in [-0.15, -0.1) is 0 Å². The summed E-state index contributed by atoms with van der Waals surface area (Å²) in [6, 6.07) is 0. The highest BCUT2D eigenvalue weighted by Gasteiger charge is 2.15. The van der Waals surface area contributed by atoms with E-state index in [-0.39, 0.29) is 18.1 Å². The lowest BCUT2D eigenvalue weighted by atomic mass is 10.1. The molecule has 0 saturated carbocycles. The molecular weight excluding hydrogens is 210 g/mol. The van der Waals surface area contributed by atoms with Crippen molar-refractivity contribution in [2.24, 2.45) is 5.92 Å². The molecule has 16 heavy (non-hydrogen) atoms. The summed E-state index contributed by atoms with van der Waals surface area (Å²) in [6.45, 7) is 3.66. The van der Waals surface area contributed by atoms with E-state index in [1.807, 2.05) is 13.8 Å². The number of rotatable bonds is 4. The van der Waals surface area contributed by atoms with Crippen molar-refractivity contribution in [2.45, 2.75) is 20.3 Å². The van der Waals surface area contributed by atoms with Gasteiger partial charge in [-0.05, 0) is 0 Å². The lowest BCUT2D eigenvalue weighted by Crippen LogP contribution is -2.10. The number of carbonyl (C=O) groups excluding carboxylic acids is 1. The van der Waals surface area contributed by atoms with E-state index in [1.165, 1.54) is 6.20 Å². The number of nitrogens with zero attached hydrogens (tertiary/aromatic N) is 4. The number of aromatic amines is 1. The lowest BCUT2D eigenvalue weighted by molar-refractivity contribution is -0.121. The van der Waals surface area contributed by atoms with Crippen molar-refractivity contribution >= 4 is 5.78 Å². The first-order valence-corrected chi connectivity index (χ1v) is 4.88. The Bertz CT molecular complexity index is 474. The average Bonchev–Trinajstić information content (AvgIpc) is 2.85. The number of nitrogens with one attached hydrogen (secondary N) is 1. The third-order valence-corrected chi connectivity index (χ3v) is 2.08. The van der Waals surface area contributed by atoms with Gasteiger partial charge in [0.25, 0.3) is 0 Å². The van der Waals surface area contributed by atoms with Gasteiger partial charge in [0, 0.05) is 5.92 Å². The average molecular weight is 221 g/mol. The summed E-state index contributed by atoms with van der Waals surface area (Å²) < 4.78 is 4.95. The lowest BCUT2D eigenvalue weighted by Gasteiger charge is -1.98. The molecule has 2 heterocycles. The van der Waals surface area contributed by atoms with Gasteiger partial charge in [0.15, 0.2) is 5.69 Å². The Hall–Kier alpha value is -2.05. The van der Waals surface area contributed by atoms with Crippen molar-refractivity contribution in [2.75, 3.05) is 0 Å². The molecular formula is C9H11N5O2. The number of H-pyrrole nitrogens is 1. The van der Waals surface area contributed by atoms with Crippen molar-refractivity contribution < 1.29 is 9.32 Å². The quantitative estimate of drug-likeness (QED) is 0.812. The number of aromatic nitrogens is 5. The Labute approximate surface area is 91.2 Å². The summed E-state index contributed by atoms with van der Waals surface area (Å²) in [4.78, 5) is 15.5. The molecule has 7 nitrogen and oxygen atoms in total. The van der Waals surface area contributed by atoms with E-state index in [1.54, 1.807) is 0 Å². The summed E-state index contributed by atoms with van der Waals surface area (Å²) in [5, 5.41) is 13.6. The highest BCUT2D eigenvalue weighted by Crippen LogP contribution is 2.11. The van der Waals surface area contributed by atoms with Crippen LogP contribution in [0.5, 0.6) is 0 Å². The van der Waals surface area contributed by atoms with E-state index in [9.17, 15) is 4.79 Å². The summed E-state index contributed by atoms with van der Waals surface area (Å²) in [5.41, 5.74) is 0.493. The predicted molar refractivity (Wildman–Crippen MR) is 53.2 cm³/mol. The minimum absolute atomic E-state index is 0.0394. The number of carbonyl (C=O) groups is 1. The molecule has 0 atom stereocenters. The van der Waals surface area contributed by atoms with Crippen LogP contribution >= 0.6 is 0 Å². The van der Waals surface area contributed by atoms with Gasteiger partial charge in [-0.2, -0.15) is 20.4 Å². The number of ketones is 1. The molecule has 0 unspecified atom stereocenters. The molecule has 0 aliphatic carbocycles. The van der Waals surface area contributed by atoms with Crippen LogP contribution in [0, 0.1) is 5.92 Å². The van der Waals surface area contributed by atoms with Gasteiger partial charge in [-0.3, -0.25) is 4.79 Å². The molecule has 7 heteroatoms. The third-order valence-electron chi connectivity index (χ3n) is 2.08. The van der Waals surface area contributed by atoms with E-state index in [2.05, 4.69) is 25.6 Å². The largest absolute Gasteiger partial charge is 0.338 e. The van der Waals surface area contributed by atoms with Gasteiger partial charge < -0.3 is 4.52 Å². The zero-order valence-electron chi connectivity index (χ0n) is 8.97. The smallest absolute Gasteiger partial charge is 0.234 e. The topological polar surface area (TPSA) is 97.6 Å². The Morgan fingerprint density at radius 3 is 3.00 bits per heavy atom. The monoisotopic (exact) mass is 221 g/mol. The van der Waals surface area contributed by atoms with Crippen LogP contribution in [0.3, 0.4) is 0 Å². The Morgan fingerprint density at radius 1 is 1.56 bits per heavy atom. The zero-order valence-corrected chi connectivity index (χ0v) is 8.97. The first-order chi connectivity index (χ1) is 7.66. The highest BCUT2D eigenvalue weighted by molar-refractivity contribution is 5.81. The second kappa shape index (κ2) is 4.21. The van der Waals surface area contributed by atoms with Crippen molar-refractivity contribution in [3.05, 3.63) is 12.1 Å². The first-order valence-electron chi connectivity index (χ1n) is 4.88. The van der Waals surface area contributed by atoms with Gasteiger partial charge in [-0.25, -0.2) is 0 Å². The second-order valence-electron chi connectivity index (χ2n) is 3.66. The fourth-order valence-electron chi connectivity index (χ4n) is 1.09. The Kier molecular flexibility index (Phi) is 2.76. The van der Waals surface area contributed by atoms with Crippen molar-refractivity contribution in [1.29, 1.82) is 0 Å². The number of hydrogen-bond donors (Lipinski definition) is 1. The molecule has 84 valence electrons. The highest BCUT2D eigenvalue weighted by atomic mass is 16.5. The fraction of sp³-hybridized carbons (Fsp3) is 0.444. The van der Waals surface area contributed by atoms with Crippen LogP contribution in [0.15, 0.2) is 10.7 Å². The van der Waals surface area contributed by atoms with Crippen LogP contribution in [0.2, 0.25) is 0 Å².